The number of aromatic nitrogens is 5. The van der Waals surface area contributed by atoms with Crippen LogP contribution in [-0.4, -0.2) is 24.7 Å². The first-order valence-corrected chi connectivity index (χ1v) is 12.1. The van der Waals surface area contributed by atoms with Crippen molar-refractivity contribution in [1.29, 1.82) is 0 Å². The predicted octanol–water partition coefficient (Wildman–Crippen LogP) is 5.28. The molecule has 0 saturated carbocycles. The minimum Gasteiger partial charge on any atom is -0.383 e. The van der Waals surface area contributed by atoms with Gasteiger partial charge in [0, 0.05) is 17.5 Å². The fraction of sp³-hybridized carbons (Fsp3) is 0.333. The highest BCUT2D eigenvalue weighted by molar-refractivity contribution is 7.98. The van der Waals surface area contributed by atoms with Gasteiger partial charge in [-0.15, -0.1) is 21.5 Å². The first kappa shape index (κ1) is 19.8. The van der Waals surface area contributed by atoms with Crippen LogP contribution >= 0.6 is 34.7 Å². The van der Waals surface area contributed by atoms with Crippen LogP contribution in [0.2, 0.25) is 5.02 Å². The molecule has 5 rings (SSSR count). The highest BCUT2D eigenvalue weighted by Gasteiger charge is 2.20. The van der Waals surface area contributed by atoms with Gasteiger partial charge < -0.3 is 10.3 Å². The van der Waals surface area contributed by atoms with Crippen LogP contribution in [-0.2, 0) is 25.6 Å². The number of thioether (sulfide) groups is 1. The van der Waals surface area contributed by atoms with E-state index in [1.54, 1.807) is 23.1 Å². The molecule has 0 unspecified atom stereocenters. The molecule has 2 N–H and O–H groups in total. The van der Waals surface area contributed by atoms with Gasteiger partial charge >= 0.3 is 0 Å². The molecule has 6 nitrogen and oxygen atoms in total. The van der Waals surface area contributed by atoms with E-state index in [1.165, 1.54) is 29.7 Å². The summed E-state index contributed by atoms with van der Waals surface area (Å²) in [5.74, 6) is 2.64. The summed E-state index contributed by atoms with van der Waals surface area (Å²) in [5.41, 5.74) is 8.61. The molecule has 0 bridgehead atoms. The summed E-state index contributed by atoms with van der Waals surface area (Å²) in [6.45, 7) is 0. The van der Waals surface area contributed by atoms with Crippen molar-refractivity contribution in [2.24, 2.45) is 7.05 Å². The Balaban J connectivity index is 1.40. The van der Waals surface area contributed by atoms with Crippen LogP contribution in [0.5, 0.6) is 0 Å². The summed E-state index contributed by atoms with van der Waals surface area (Å²) in [4.78, 5) is 11.9. The number of rotatable bonds is 4. The summed E-state index contributed by atoms with van der Waals surface area (Å²) < 4.78 is 1.95. The number of nitrogens with zero attached hydrogens (tertiary/aromatic N) is 5. The Bertz CT molecular complexity index is 1230. The topological polar surface area (TPSA) is 82.5 Å². The largest absolute Gasteiger partial charge is 0.383 e. The fourth-order valence-electron chi connectivity index (χ4n) is 3.92. The summed E-state index contributed by atoms with van der Waals surface area (Å²) in [6, 6.07) is 7.64. The molecular formula is C21H21ClN6S2. The second kappa shape index (κ2) is 8.17. The maximum Gasteiger partial charge on any atom is 0.191 e. The van der Waals surface area contributed by atoms with E-state index in [2.05, 4.69) is 15.2 Å². The summed E-state index contributed by atoms with van der Waals surface area (Å²) in [7, 11) is 1.94. The molecule has 0 fully saturated rings. The zero-order valence-electron chi connectivity index (χ0n) is 16.6. The number of aryl methyl sites for hydroxylation is 2. The molecule has 1 aliphatic carbocycles. The molecule has 3 aromatic heterocycles. The first-order valence-electron chi connectivity index (χ1n) is 9.95. The lowest BCUT2D eigenvalue weighted by atomic mass is 10.1. The molecule has 4 aromatic rings. The van der Waals surface area contributed by atoms with E-state index in [4.69, 9.17) is 22.3 Å². The third-order valence-electron chi connectivity index (χ3n) is 5.42. The molecule has 1 aliphatic rings. The Morgan fingerprint density at radius 3 is 2.83 bits per heavy atom. The molecule has 0 spiro atoms. The molecule has 0 atom stereocenters. The van der Waals surface area contributed by atoms with Crippen molar-refractivity contribution < 1.29 is 0 Å². The molecule has 0 aliphatic heterocycles. The van der Waals surface area contributed by atoms with Crippen LogP contribution in [0.4, 0.5) is 5.82 Å². The Hall–Kier alpha value is -2.16. The van der Waals surface area contributed by atoms with Crippen LogP contribution in [0.1, 0.15) is 35.5 Å². The van der Waals surface area contributed by atoms with E-state index in [0.717, 1.165) is 45.4 Å². The van der Waals surface area contributed by atoms with Crippen molar-refractivity contribution in [3.8, 4) is 11.4 Å². The Morgan fingerprint density at radius 2 is 1.97 bits per heavy atom. The molecule has 30 heavy (non-hydrogen) atoms. The van der Waals surface area contributed by atoms with Gasteiger partial charge in [-0.1, -0.05) is 41.9 Å². The lowest BCUT2D eigenvalue weighted by Gasteiger charge is -2.06. The van der Waals surface area contributed by atoms with Gasteiger partial charge in [0.05, 0.1) is 16.2 Å². The highest BCUT2D eigenvalue weighted by atomic mass is 35.5. The Morgan fingerprint density at radius 1 is 1.13 bits per heavy atom. The van der Waals surface area contributed by atoms with E-state index < -0.39 is 0 Å². The van der Waals surface area contributed by atoms with Crippen LogP contribution in [0.15, 0.2) is 29.4 Å². The number of nitrogen functional groups attached to an aromatic ring is 1. The molecule has 0 radical (unpaired) electrons. The van der Waals surface area contributed by atoms with Crippen LogP contribution < -0.4 is 5.73 Å². The second-order valence-corrected chi connectivity index (χ2v) is 9.84. The van der Waals surface area contributed by atoms with Crippen molar-refractivity contribution in [3.05, 3.63) is 45.6 Å². The zero-order chi connectivity index (χ0) is 20.7. The molecule has 1 aromatic carbocycles. The van der Waals surface area contributed by atoms with E-state index in [-0.39, 0.29) is 0 Å². The van der Waals surface area contributed by atoms with Gasteiger partial charge in [0.1, 0.15) is 16.5 Å². The van der Waals surface area contributed by atoms with Gasteiger partial charge in [-0.05, 0) is 43.4 Å². The lowest BCUT2D eigenvalue weighted by molar-refractivity contribution is 0.713. The van der Waals surface area contributed by atoms with Crippen molar-refractivity contribution in [2.75, 3.05) is 5.73 Å². The number of hydrogen-bond donors (Lipinski definition) is 1. The zero-order valence-corrected chi connectivity index (χ0v) is 18.9. The quantitative estimate of drug-likeness (QED) is 0.332. The Kier molecular flexibility index (Phi) is 5.39. The van der Waals surface area contributed by atoms with E-state index in [9.17, 15) is 0 Å². The number of hydrogen-bond acceptors (Lipinski definition) is 7. The average Bonchev–Trinajstić information content (AvgIpc) is 3.18. The maximum atomic E-state index is 6.37. The van der Waals surface area contributed by atoms with Crippen LogP contribution in [0, 0.1) is 0 Å². The van der Waals surface area contributed by atoms with E-state index >= 15 is 0 Å². The van der Waals surface area contributed by atoms with Gasteiger partial charge in [-0.2, -0.15) is 0 Å². The van der Waals surface area contributed by atoms with Crippen LogP contribution in [0.25, 0.3) is 21.6 Å². The molecule has 0 amide bonds. The summed E-state index contributed by atoms with van der Waals surface area (Å²) >= 11 is 9.65. The molecule has 154 valence electrons. The van der Waals surface area contributed by atoms with Crippen molar-refractivity contribution >= 4 is 50.7 Å². The number of halogens is 1. The van der Waals surface area contributed by atoms with Gasteiger partial charge in [-0.3, -0.25) is 0 Å². The number of anilines is 1. The minimum atomic E-state index is 0.581. The molecule has 9 heteroatoms. The normalized spacial score (nSPS) is 14.1. The third kappa shape index (κ3) is 3.57. The molecule has 3 heterocycles. The second-order valence-electron chi connectivity index (χ2n) is 7.40. The summed E-state index contributed by atoms with van der Waals surface area (Å²) in [5, 5.41) is 11.2. The smallest absolute Gasteiger partial charge is 0.191 e. The maximum absolute atomic E-state index is 6.37. The third-order valence-corrected chi connectivity index (χ3v) is 7.95. The number of fused-ring (bicyclic) bond motifs is 3. The van der Waals surface area contributed by atoms with Crippen molar-refractivity contribution in [2.45, 2.75) is 43.0 Å². The minimum absolute atomic E-state index is 0.581. The van der Waals surface area contributed by atoms with Crippen LogP contribution in [0.3, 0.4) is 0 Å². The fourth-order valence-corrected chi connectivity index (χ4v) is 6.19. The number of thiophene rings is 1. The SMILES string of the molecule is Cn1c(SCc2nc(N)c3c4c(sc3n2)CCCCC4)nnc1-c1ccccc1Cl. The van der Waals surface area contributed by atoms with Crippen molar-refractivity contribution in [1.82, 2.24) is 24.7 Å². The first-order chi connectivity index (χ1) is 14.6. The van der Waals surface area contributed by atoms with Gasteiger partial charge in [0.15, 0.2) is 11.0 Å². The predicted molar refractivity (Wildman–Crippen MR) is 124 cm³/mol. The Labute approximate surface area is 187 Å². The molecule has 0 saturated heterocycles. The monoisotopic (exact) mass is 456 g/mol. The molecular weight excluding hydrogens is 436 g/mol. The highest BCUT2D eigenvalue weighted by Crippen LogP contribution is 2.37. The van der Waals surface area contributed by atoms with Gasteiger partial charge in [0.25, 0.3) is 0 Å². The van der Waals surface area contributed by atoms with Gasteiger partial charge in [0.2, 0.25) is 0 Å². The summed E-state index contributed by atoms with van der Waals surface area (Å²) in [6.07, 6.45) is 5.96. The van der Waals surface area contributed by atoms with Crippen molar-refractivity contribution in [3.63, 3.8) is 0 Å². The van der Waals surface area contributed by atoms with E-state index in [1.807, 2.05) is 35.9 Å². The van der Waals surface area contributed by atoms with Gasteiger partial charge in [-0.25, -0.2) is 9.97 Å². The average molecular weight is 457 g/mol. The number of benzene rings is 1. The number of nitrogens with two attached hydrogens (primary N) is 1. The standard InChI is InChI=1S/C21H21ClN6S2/c1-28-19(12-7-5-6-9-14(12)22)26-27-21(28)29-11-16-24-18(23)17-13-8-3-2-4-10-15(13)30-20(17)25-16/h5-7,9H,2-4,8,10-11H2,1H3,(H2,23,24,25). The lowest BCUT2D eigenvalue weighted by Crippen LogP contribution is -2.01. The van der Waals surface area contributed by atoms with E-state index in [0.29, 0.717) is 16.6 Å².